The summed E-state index contributed by atoms with van der Waals surface area (Å²) in [6.07, 6.45) is 1.80. The third-order valence-electron chi connectivity index (χ3n) is 4.42. The number of esters is 1. The molecule has 4 rings (SSSR count). The van der Waals surface area contributed by atoms with Gasteiger partial charge in [-0.2, -0.15) is 9.97 Å². The number of carbonyl (C=O) groups is 1. The summed E-state index contributed by atoms with van der Waals surface area (Å²) in [6.45, 7) is 3.50. The van der Waals surface area contributed by atoms with Crippen molar-refractivity contribution in [2.24, 2.45) is 0 Å². The summed E-state index contributed by atoms with van der Waals surface area (Å²) >= 11 is 0. The van der Waals surface area contributed by atoms with Gasteiger partial charge in [-0.25, -0.2) is 9.78 Å². The number of benzene rings is 1. The number of fused-ring (bicyclic) bond motifs is 3. The Kier molecular flexibility index (Phi) is 3.80. The Balaban J connectivity index is 1.65. The first-order valence-corrected chi connectivity index (χ1v) is 8.28. The van der Waals surface area contributed by atoms with E-state index in [4.69, 9.17) is 16.2 Å². The van der Waals surface area contributed by atoms with E-state index < -0.39 is 0 Å². The van der Waals surface area contributed by atoms with Crippen molar-refractivity contribution in [1.29, 1.82) is 0 Å². The highest BCUT2D eigenvalue weighted by molar-refractivity contribution is 5.91. The minimum absolute atomic E-state index is 0.117. The van der Waals surface area contributed by atoms with Gasteiger partial charge in [0.1, 0.15) is 5.82 Å². The molecule has 2 aromatic heterocycles. The van der Waals surface area contributed by atoms with Crippen LogP contribution in [0.5, 0.6) is 0 Å². The molecule has 0 saturated carbocycles. The van der Waals surface area contributed by atoms with Gasteiger partial charge < -0.3 is 21.1 Å². The lowest BCUT2D eigenvalue weighted by molar-refractivity contribution is 0.0526. The third kappa shape index (κ3) is 2.65. The number of rotatable bonds is 3. The van der Waals surface area contributed by atoms with Gasteiger partial charge in [0.25, 0.3) is 0 Å². The van der Waals surface area contributed by atoms with Crippen LogP contribution in [0.2, 0.25) is 0 Å². The van der Waals surface area contributed by atoms with Gasteiger partial charge in [-0.05, 0) is 42.3 Å². The second kappa shape index (κ2) is 6.14. The minimum Gasteiger partial charge on any atom is -0.462 e. The molecule has 0 unspecified atom stereocenters. The molecule has 0 amide bonds. The second-order valence-electron chi connectivity index (χ2n) is 6.05. The summed E-state index contributed by atoms with van der Waals surface area (Å²) in [4.78, 5) is 26.5. The SMILES string of the molecule is CCOC(=O)c1ccc(N2Cc3cnc4nc(N)nc(N)c4c3C2)cc1. The largest absolute Gasteiger partial charge is 0.462 e. The molecule has 0 saturated heterocycles. The fourth-order valence-electron chi connectivity index (χ4n) is 3.22. The molecule has 26 heavy (non-hydrogen) atoms. The van der Waals surface area contributed by atoms with E-state index in [-0.39, 0.29) is 11.9 Å². The van der Waals surface area contributed by atoms with Crippen molar-refractivity contribution in [1.82, 2.24) is 15.0 Å². The van der Waals surface area contributed by atoms with Crippen LogP contribution in [0, 0.1) is 0 Å². The van der Waals surface area contributed by atoms with Crippen LogP contribution in [-0.4, -0.2) is 27.5 Å². The standard InChI is InChI=1S/C18H18N6O2/c1-2-26-17(25)10-3-5-12(6-4-10)24-8-11-7-21-16-14(13(11)9-24)15(19)22-18(20)23-16/h3-7H,2,8-9H2,1H3,(H4,19,20,21,22,23). The Morgan fingerprint density at radius 3 is 2.69 bits per heavy atom. The molecule has 3 heterocycles. The zero-order valence-electron chi connectivity index (χ0n) is 14.3. The van der Waals surface area contributed by atoms with Gasteiger partial charge in [0.05, 0.1) is 17.6 Å². The van der Waals surface area contributed by atoms with Crippen LogP contribution in [0.15, 0.2) is 30.5 Å². The lowest BCUT2D eigenvalue weighted by Gasteiger charge is -2.18. The first-order valence-electron chi connectivity index (χ1n) is 8.28. The summed E-state index contributed by atoms with van der Waals surface area (Å²) in [6, 6.07) is 7.35. The maximum Gasteiger partial charge on any atom is 0.338 e. The highest BCUT2D eigenvalue weighted by Crippen LogP contribution is 2.34. The molecule has 0 aliphatic carbocycles. The highest BCUT2D eigenvalue weighted by Gasteiger charge is 2.24. The maximum atomic E-state index is 11.8. The molecule has 0 fully saturated rings. The average molecular weight is 350 g/mol. The fraction of sp³-hybridized carbons (Fsp3) is 0.222. The van der Waals surface area contributed by atoms with E-state index in [1.807, 2.05) is 12.1 Å². The van der Waals surface area contributed by atoms with Crippen LogP contribution in [0.1, 0.15) is 28.4 Å². The predicted octanol–water partition coefficient (Wildman–Crippen LogP) is 1.89. The van der Waals surface area contributed by atoms with Crippen molar-refractivity contribution in [2.75, 3.05) is 23.0 Å². The van der Waals surface area contributed by atoms with E-state index >= 15 is 0 Å². The van der Waals surface area contributed by atoms with E-state index in [1.54, 1.807) is 25.3 Å². The summed E-state index contributed by atoms with van der Waals surface area (Å²) in [5, 5.41) is 0.752. The number of nitrogen functional groups attached to an aromatic ring is 2. The molecule has 1 aliphatic rings. The minimum atomic E-state index is -0.318. The number of nitrogens with two attached hydrogens (primary N) is 2. The predicted molar refractivity (Wildman–Crippen MR) is 98.4 cm³/mol. The summed E-state index contributed by atoms with van der Waals surface area (Å²) in [5.74, 6) is 0.143. The van der Waals surface area contributed by atoms with Crippen molar-refractivity contribution >= 4 is 34.5 Å². The first kappa shape index (κ1) is 16.1. The monoisotopic (exact) mass is 350 g/mol. The van der Waals surface area contributed by atoms with Gasteiger partial charge in [-0.3, -0.25) is 0 Å². The van der Waals surface area contributed by atoms with Crippen molar-refractivity contribution in [3.63, 3.8) is 0 Å². The Morgan fingerprint density at radius 2 is 1.96 bits per heavy atom. The van der Waals surface area contributed by atoms with E-state index in [1.165, 1.54) is 0 Å². The first-order chi connectivity index (χ1) is 12.6. The van der Waals surface area contributed by atoms with Crippen molar-refractivity contribution in [2.45, 2.75) is 20.0 Å². The topological polar surface area (TPSA) is 120 Å². The number of hydrogen-bond acceptors (Lipinski definition) is 8. The van der Waals surface area contributed by atoms with Crippen LogP contribution in [0.4, 0.5) is 17.5 Å². The van der Waals surface area contributed by atoms with Crippen molar-refractivity contribution in [3.8, 4) is 0 Å². The lowest BCUT2D eigenvalue weighted by atomic mass is 10.1. The normalized spacial score (nSPS) is 13.0. The number of pyridine rings is 1. The Bertz CT molecular complexity index is 1000. The number of hydrogen-bond donors (Lipinski definition) is 2. The molecule has 8 nitrogen and oxygen atoms in total. The Morgan fingerprint density at radius 1 is 1.19 bits per heavy atom. The summed E-state index contributed by atoms with van der Waals surface area (Å²) < 4.78 is 5.02. The van der Waals surface area contributed by atoms with E-state index in [0.717, 1.165) is 22.2 Å². The molecule has 8 heteroatoms. The molecule has 1 aromatic carbocycles. The fourth-order valence-corrected chi connectivity index (χ4v) is 3.22. The molecule has 0 bridgehead atoms. The van der Waals surface area contributed by atoms with Gasteiger partial charge in [0.15, 0.2) is 5.65 Å². The molecule has 0 atom stereocenters. The molecule has 0 radical (unpaired) electrons. The molecular weight excluding hydrogens is 332 g/mol. The maximum absolute atomic E-state index is 11.8. The summed E-state index contributed by atoms with van der Waals surface area (Å²) in [5.41, 5.74) is 15.9. The van der Waals surface area contributed by atoms with Crippen molar-refractivity contribution in [3.05, 3.63) is 47.2 Å². The number of ether oxygens (including phenoxy) is 1. The van der Waals surface area contributed by atoms with Gasteiger partial charge in [0.2, 0.25) is 5.95 Å². The van der Waals surface area contributed by atoms with Crippen LogP contribution in [0.3, 0.4) is 0 Å². The quantitative estimate of drug-likeness (QED) is 0.687. The molecule has 0 spiro atoms. The number of nitrogens with zero attached hydrogens (tertiary/aromatic N) is 4. The number of carbonyl (C=O) groups excluding carboxylic acids is 1. The number of aromatic nitrogens is 3. The third-order valence-corrected chi connectivity index (χ3v) is 4.42. The smallest absolute Gasteiger partial charge is 0.338 e. The van der Waals surface area contributed by atoms with Gasteiger partial charge in [-0.1, -0.05) is 0 Å². The Hall–Kier alpha value is -3.42. The molecule has 132 valence electrons. The summed E-state index contributed by atoms with van der Waals surface area (Å²) in [7, 11) is 0. The molecule has 3 aromatic rings. The van der Waals surface area contributed by atoms with Crippen LogP contribution < -0.4 is 16.4 Å². The second-order valence-corrected chi connectivity index (χ2v) is 6.05. The van der Waals surface area contributed by atoms with Crippen LogP contribution in [-0.2, 0) is 17.8 Å². The average Bonchev–Trinajstić information content (AvgIpc) is 3.05. The van der Waals surface area contributed by atoms with Gasteiger partial charge in [-0.15, -0.1) is 0 Å². The lowest BCUT2D eigenvalue weighted by Crippen LogP contribution is -2.14. The van der Waals surface area contributed by atoms with E-state index in [2.05, 4.69) is 19.9 Å². The van der Waals surface area contributed by atoms with Crippen molar-refractivity contribution < 1.29 is 9.53 Å². The molecule has 4 N–H and O–H groups in total. The number of anilines is 3. The van der Waals surface area contributed by atoms with E-state index in [9.17, 15) is 4.79 Å². The van der Waals surface area contributed by atoms with Crippen LogP contribution >= 0.6 is 0 Å². The van der Waals surface area contributed by atoms with E-state index in [0.29, 0.717) is 36.7 Å². The van der Waals surface area contributed by atoms with Crippen LogP contribution in [0.25, 0.3) is 11.0 Å². The highest BCUT2D eigenvalue weighted by atomic mass is 16.5. The Labute approximate surface area is 149 Å². The van der Waals surface area contributed by atoms with Gasteiger partial charge >= 0.3 is 5.97 Å². The molecular formula is C18H18N6O2. The molecule has 1 aliphatic heterocycles. The zero-order valence-corrected chi connectivity index (χ0v) is 14.3. The zero-order chi connectivity index (χ0) is 18.3. The van der Waals surface area contributed by atoms with Gasteiger partial charge in [0, 0.05) is 25.0 Å².